The minimum absolute atomic E-state index is 0.300. The van der Waals surface area contributed by atoms with Gasteiger partial charge in [-0.25, -0.2) is 4.79 Å². The van der Waals surface area contributed by atoms with Gasteiger partial charge in [0.15, 0.2) is 5.82 Å². The second-order valence-electron chi connectivity index (χ2n) is 5.80. The zero-order chi connectivity index (χ0) is 19.6. The molecule has 1 N–H and O–H groups in total. The summed E-state index contributed by atoms with van der Waals surface area (Å²) >= 11 is 0. The van der Waals surface area contributed by atoms with Crippen molar-refractivity contribution < 1.29 is 19.0 Å². The Balaban J connectivity index is 1.40. The number of nitrogens with zero attached hydrogens (tertiary/aromatic N) is 4. The number of tetrazole rings is 1. The third-order valence-electron chi connectivity index (χ3n) is 3.75. The summed E-state index contributed by atoms with van der Waals surface area (Å²) in [5.41, 5.74) is 1.14. The van der Waals surface area contributed by atoms with Crippen LogP contribution >= 0.6 is 0 Å². The maximum atomic E-state index is 11.6. The lowest BCUT2D eigenvalue weighted by Gasteiger charge is -2.08. The fourth-order valence-corrected chi connectivity index (χ4v) is 2.34. The van der Waals surface area contributed by atoms with E-state index in [0.29, 0.717) is 43.4 Å². The number of aromatic amines is 1. The van der Waals surface area contributed by atoms with E-state index in [0.717, 1.165) is 17.9 Å². The Bertz CT molecular complexity index is 851. The lowest BCUT2D eigenvalue weighted by molar-refractivity contribution is 0.0525. The van der Waals surface area contributed by atoms with Crippen LogP contribution in [0.3, 0.4) is 0 Å². The molecule has 0 aliphatic carbocycles. The van der Waals surface area contributed by atoms with Gasteiger partial charge in [-0.3, -0.25) is 4.98 Å². The SMILES string of the molecule is CCOC(=O)c1ccc(COc2ccc(OCCCc3nn[nH]n3)cc2)nc1. The Kier molecular flexibility index (Phi) is 6.89. The minimum atomic E-state index is -0.379. The van der Waals surface area contributed by atoms with Crippen molar-refractivity contribution in [1.29, 1.82) is 0 Å². The number of rotatable bonds is 10. The number of aromatic nitrogens is 5. The lowest BCUT2D eigenvalue weighted by Crippen LogP contribution is -2.06. The number of carbonyl (C=O) groups excluding carboxylic acids is 1. The summed E-state index contributed by atoms with van der Waals surface area (Å²) in [5, 5.41) is 13.7. The molecule has 0 radical (unpaired) electrons. The number of hydrogen-bond acceptors (Lipinski definition) is 8. The van der Waals surface area contributed by atoms with E-state index in [4.69, 9.17) is 14.2 Å². The molecule has 3 aromatic rings. The topological polar surface area (TPSA) is 112 Å². The van der Waals surface area contributed by atoms with Gasteiger partial charge in [-0.15, -0.1) is 10.2 Å². The number of benzene rings is 1. The summed E-state index contributed by atoms with van der Waals surface area (Å²) in [4.78, 5) is 15.8. The third kappa shape index (κ3) is 5.76. The number of carbonyl (C=O) groups is 1. The van der Waals surface area contributed by atoms with Crippen LogP contribution in [-0.2, 0) is 17.8 Å². The first-order valence-corrected chi connectivity index (χ1v) is 8.94. The molecule has 0 saturated heterocycles. The van der Waals surface area contributed by atoms with Crippen molar-refractivity contribution in [3.63, 3.8) is 0 Å². The second kappa shape index (κ2) is 10.0. The van der Waals surface area contributed by atoms with Crippen molar-refractivity contribution in [2.45, 2.75) is 26.4 Å². The molecular formula is C19H21N5O4. The second-order valence-corrected chi connectivity index (χ2v) is 5.80. The highest BCUT2D eigenvalue weighted by atomic mass is 16.5. The molecule has 3 rings (SSSR count). The molecule has 0 atom stereocenters. The van der Waals surface area contributed by atoms with Gasteiger partial charge in [-0.1, -0.05) is 5.21 Å². The molecular weight excluding hydrogens is 362 g/mol. The van der Waals surface area contributed by atoms with Crippen LogP contribution in [0.1, 0.15) is 35.2 Å². The third-order valence-corrected chi connectivity index (χ3v) is 3.75. The van der Waals surface area contributed by atoms with E-state index in [1.165, 1.54) is 6.20 Å². The van der Waals surface area contributed by atoms with Crippen LogP contribution in [0.15, 0.2) is 42.6 Å². The summed E-state index contributed by atoms with van der Waals surface area (Å²) < 4.78 is 16.3. The zero-order valence-corrected chi connectivity index (χ0v) is 15.5. The van der Waals surface area contributed by atoms with Crippen molar-refractivity contribution in [2.24, 2.45) is 0 Å². The molecule has 2 aromatic heterocycles. The first kappa shape index (κ1) is 19.3. The molecule has 0 spiro atoms. The predicted molar refractivity (Wildman–Crippen MR) is 99.0 cm³/mol. The van der Waals surface area contributed by atoms with E-state index in [9.17, 15) is 4.79 Å². The highest BCUT2D eigenvalue weighted by Crippen LogP contribution is 2.19. The molecule has 146 valence electrons. The zero-order valence-electron chi connectivity index (χ0n) is 15.5. The fraction of sp³-hybridized carbons (Fsp3) is 0.316. The van der Waals surface area contributed by atoms with Gasteiger partial charge in [0.1, 0.15) is 18.1 Å². The number of aryl methyl sites for hydroxylation is 1. The molecule has 0 bridgehead atoms. The van der Waals surface area contributed by atoms with Crippen LogP contribution in [0, 0.1) is 0 Å². The van der Waals surface area contributed by atoms with Crippen LogP contribution in [0.5, 0.6) is 11.5 Å². The summed E-state index contributed by atoms with van der Waals surface area (Å²) in [6, 6.07) is 10.8. The molecule has 0 aliphatic rings. The monoisotopic (exact) mass is 383 g/mol. The van der Waals surface area contributed by atoms with Crippen molar-refractivity contribution in [3.05, 3.63) is 59.7 Å². The summed E-state index contributed by atoms with van der Waals surface area (Å²) in [6.45, 7) is 2.96. The number of ether oxygens (including phenoxy) is 3. The molecule has 0 amide bonds. The van der Waals surface area contributed by atoms with Crippen molar-refractivity contribution in [2.75, 3.05) is 13.2 Å². The lowest BCUT2D eigenvalue weighted by atomic mass is 10.2. The molecule has 0 unspecified atom stereocenters. The highest BCUT2D eigenvalue weighted by molar-refractivity contribution is 5.88. The molecule has 0 saturated carbocycles. The molecule has 9 heteroatoms. The first-order chi connectivity index (χ1) is 13.7. The molecule has 0 aliphatic heterocycles. The van der Waals surface area contributed by atoms with Crippen LogP contribution < -0.4 is 9.47 Å². The Morgan fingerprint density at radius 2 is 1.86 bits per heavy atom. The standard InChI is InChI=1S/C19H21N5O4/c1-2-26-19(25)14-5-6-15(20-12-14)13-28-17-9-7-16(8-10-17)27-11-3-4-18-21-23-24-22-18/h5-10,12H,2-4,11,13H2,1H3,(H,21,22,23,24). The first-order valence-electron chi connectivity index (χ1n) is 8.94. The number of H-pyrrole nitrogens is 1. The van der Waals surface area contributed by atoms with Gasteiger partial charge >= 0.3 is 5.97 Å². The molecule has 1 aromatic carbocycles. The number of pyridine rings is 1. The predicted octanol–water partition coefficient (Wildman–Crippen LogP) is 2.36. The Labute approximate surface area is 162 Å². The van der Waals surface area contributed by atoms with Gasteiger partial charge in [0.2, 0.25) is 0 Å². The molecule has 0 fully saturated rings. The summed E-state index contributed by atoms with van der Waals surface area (Å²) in [5.74, 6) is 1.76. The molecule has 9 nitrogen and oxygen atoms in total. The summed E-state index contributed by atoms with van der Waals surface area (Å²) in [7, 11) is 0. The quantitative estimate of drug-likeness (QED) is 0.419. The molecule has 2 heterocycles. The molecule has 28 heavy (non-hydrogen) atoms. The van der Waals surface area contributed by atoms with Crippen LogP contribution in [0.25, 0.3) is 0 Å². The van der Waals surface area contributed by atoms with Gasteiger partial charge in [-0.2, -0.15) is 5.21 Å². The van der Waals surface area contributed by atoms with Gasteiger partial charge in [0, 0.05) is 12.6 Å². The number of esters is 1. The van der Waals surface area contributed by atoms with Gasteiger partial charge in [0.25, 0.3) is 0 Å². The van der Waals surface area contributed by atoms with Gasteiger partial charge < -0.3 is 14.2 Å². The smallest absolute Gasteiger partial charge is 0.339 e. The van der Waals surface area contributed by atoms with Gasteiger partial charge in [0.05, 0.1) is 24.5 Å². The van der Waals surface area contributed by atoms with E-state index < -0.39 is 0 Å². The van der Waals surface area contributed by atoms with E-state index in [1.54, 1.807) is 19.1 Å². The Hall–Kier alpha value is -3.49. The fourth-order valence-electron chi connectivity index (χ4n) is 2.34. The average molecular weight is 383 g/mol. The van der Waals surface area contributed by atoms with Crippen molar-refractivity contribution in [1.82, 2.24) is 25.6 Å². The van der Waals surface area contributed by atoms with E-state index in [1.807, 2.05) is 24.3 Å². The van der Waals surface area contributed by atoms with Crippen molar-refractivity contribution >= 4 is 5.97 Å². The van der Waals surface area contributed by atoms with E-state index in [2.05, 4.69) is 25.6 Å². The van der Waals surface area contributed by atoms with Crippen LogP contribution in [0.4, 0.5) is 0 Å². The maximum absolute atomic E-state index is 11.6. The van der Waals surface area contributed by atoms with E-state index in [-0.39, 0.29) is 5.97 Å². The average Bonchev–Trinajstić information content (AvgIpc) is 3.25. The Morgan fingerprint density at radius 3 is 2.50 bits per heavy atom. The number of hydrogen-bond donors (Lipinski definition) is 1. The van der Waals surface area contributed by atoms with Crippen LogP contribution in [-0.4, -0.2) is 44.8 Å². The Morgan fingerprint density at radius 1 is 1.07 bits per heavy atom. The van der Waals surface area contributed by atoms with E-state index >= 15 is 0 Å². The van der Waals surface area contributed by atoms with Crippen molar-refractivity contribution in [3.8, 4) is 11.5 Å². The summed E-state index contributed by atoms with van der Waals surface area (Å²) in [6.07, 6.45) is 2.99. The van der Waals surface area contributed by atoms with Gasteiger partial charge in [-0.05, 0) is 49.7 Å². The normalized spacial score (nSPS) is 10.5. The maximum Gasteiger partial charge on any atom is 0.339 e. The largest absolute Gasteiger partial charge is 0.494 e. The number of nitrogens with one attached hydrogen (secondary N) is 1. The minimum Gasteiger partial charge on any atom is -0.494 e. The van der Waals surface area contributed by atoms with Crippen LogP contribution in [0.2, 0.25) is 0 Å². The highest BCUT2D eigenvalue weighted by Gasteiger charge is 2.07.